The van der Waals surface area contributed by atoms with E-state index in [4.69, 9.17) is 0 Å². The Hall–Kier alpha value is -2.10. The molecule has 4 nitrogen and oxygen atoms in total. The molecule has 0 aliphatic rings. The van der Waals surface area contributed by atoms with E-state index in [0.717, 1.165) is 11.4 Å². The van der Waals surface area contributed by atoms with Crippen LogP contribution in [-0.2, 0) is 0 Å². The van der Waals surface area contributed by atoms with Crippen molar-refractivity contribution in [2.75, 3.05) is 0 Å². The van der Waals surface area contributed by atoms with Crippen molar-refractivity contribution in [3.05, 3.63) is 49.1 Å². The normalized spacial score (nSPS) is 10.6. The van der Waals surface area contributed by atoms with Gasteiger partial charge in [0.1, 0.15) is 11.4 Å². The molecule has 2 aromatic heterocycles. The fourth-order valence-corrected chi connectivity index (χ4v) is 0.941. The van der Waals surface area contributed by atoms with Crippen LogP contribution in [0.15, 0.2) is 59.3 Å². The van der Waals surface area contributed by atoms with Crippen LogP contribution in [0.5, 0.6) is 0 Å². The van der Waals surface area contributed by atoms with E-state index in [0.29, 0.717) is 0 Å². The first-order chi connectivity index (χ1) is 6.95. The highest BCUT2D eigenvalue weighted by Gasteiger charge is 1.88. The van der Waals surface area contributed by atoms with E-state index < -0.39 is 0 Å². The van der Waals surface area contributed by atoms with E-state index in [2.05, 4.69) is 20.2 Å². The van der Waals surface area contributed by atoms with Crippen LogP contribution < -0.4 is 0 Å². The van der Waals surface area contributed by atoms with Crippen molar-refractivity contribution >= 4 is 11.4 Å². The largest absolute Gasteiger partial charge is 0.262 e. The third kappa shape index (κ3) is 2.20. The van der Waals surface area contributed by atoms with Crippen molar-refractivity contribution in [2.45, 2.75) is 0 Å². The summed E-state index contributed by atoms with van der Waals surface area (Å²) in [5, 5.41) is 8.00. The summed E-state index contributed by atoms with van der Waals surface area (Å²) >= 11 is 0. The van der Waals surface area contributed by atoms with Crippen LogP contribution in [0, 0.1) is 0 Å². The number of hydrogen-bond donors (Lipinski definition) is 0. The molecule has 0 bridgehead atoms. The quantitative estimate of drug-likeness (QED) is 0.674. The minimum atomic E-state index is 0.733. The zero-order chi connectivity index (χ0) is 9.64. The molecule has 0 atom stereocenters. The number of nitrogens with zero attached hydrogens (tertiary/aromatic N) is 4. The molecule has 0 aromatic carbocycles. The Bertz CT molecular complexity index is 369. The molecule has 0 spiro atoms. The molecule has 0 fully saturated rings. The summed E-state index contributed by atoms with van der Waals surface area (Å²) in [4.78, 5) is 7.86. The van der Waals surface area contributed by atoms with Gasteiger partial charge in [-0.2, -0.15) is 0 Å². The van der Waals surface area contributed by atoms with Crippen molar-refractivity contribution < 1.29 is 0 Å². The molecule has 4 heteroatoms. The summed E-state index contributed by atoms with van der Waals surface area (Å²) < 4.78 is 0. The van der Waals surface area contributed by atoms with Gasteiger partial charge in [0.05, 0.1) is 12.4 Å². The number of rotatable bonds is 2. The minimum Gasteiger partial charge on any atom is -0.262 e. The van der Waals surface area contributed by atoms with Crippen LogP contribution in [0.2, 0.25) is 0 Å². The molecule has 2 heterocycles. The SMILES string of the molecule is c1cncc(N=Nc2cccnc2)c1. The van der Waals surface area contributed by atoms with Crippen LogP contribution in [0.4, 0.5) is 11.4 Å². The molecular weight excluding hydrogens is 176 g/mol. The van der Waals surface area contributed by atoms with Gasteiger partial charge in [0.15, 0.2) is 0 Å². The lowest BCUT2D eigenvalue weighted by Gasteiger charge is -1.90. The maximum Gasteiger partial charge on any atom is 0.104 e. The summed E-state index contributed by atoms with van der Waals surface area (Å²) in [7, 11) is 0. The smallest absolute Gasteiger partial charge is 0.104 e. The maximum absolute atomic E-state index is 4.00. The topological polar surface area (TPSA) is 50.5 Å². The molecule has 0 saturated carbocycles. The highest BCUT2D eigenvalue weighted by molar-refractivity contribution is 5.35. The van der Waals surface area contributed by atoms with Gasteiger partial charge < -0.3 is 0 Å². The molecule has 0 N–H and O–H groups in total. The van der Waals surface area contributed by atoms with Gasteiger partial charge in [-0.15, -0.1) is 10.2 Å². The molecule has 0 amide bonds. The standard InChI is InChI=1S/C10H8N4/c1-3-9(7-11-5-1)13-14-10-4-2-6-12-8-10/h1-8H. The Morgan fingerprint density at radius 2 is 1.29 bits per heavy atom. The number of aromatic nitrogens is 2. The second-order valence-electron chi connectivity index (χ2n) is 2.62. The third-order valence-corrected chi connectivity index (χ3v) is 1.57. The summed E-state index contributed by atoms with van der Waals surface area (Å²) in [6.45, 7) is 0. The van der Waals surface area contributed by atoms with Crippen molar-refractivity contribution in [3.63, 3.8) is 0 Å². The molecule has 2 aromatic rings. The summed E-state index contributed by atoms with van der Waals surface area (Å²) in [6.07, 6.45) is 6.70. The average molecular weight is 184 g/mol. The van der Waals surface area contributed by atoms with Crippen molar-refractivity contribution in [1.29, 1.82) is 0 Å². The molecule has 14 heavy (non-hydrogen) atoms. The van der Waals surface area contributed by atoms with Crippen molar-refractivity contribution in [1.82, 2.24) is 9.97 Å². The summed E-state index contributed by atoms with van der Waals surface area (Å²) in [6, 6.07) is 7.31. The fourth-order valence-electron chi connectivity index (χ4n) is 0.941. The lowest BCUT2D eigenvalue weighted by Crippen LogP contribution is -1.68. The van der Waals surface area contributed by atoms with Crippen LogP contribution in [0.3, 0.4) is 0 Å². The third-order valence-electron chi connectivity index (χ3n) is 1.57. The Kier molecular flexibility index (Phi) is 2.56. The Balaban J connectivity index is 2.16. The van der Waals surface area contributed by atoms with Gasteiger partial charge in [0, 0.05) is 12.4 Å². The van der Waals surface area contributed by atoms with Crippen LogP contribution in [-0.4, -0.2) is 9.97 Å². The first-order valence-electron chi connectivity index (χ1n) is 4.17. The van der Waals surface area contributed by atoms with Crippen LogP contribution in [0.1, 0.15) is 0 Å². The van der Waals surface area contributed by atoms with Gasteiger partial charge >= 0.3 is 0 Å². The van der Waals surface area contributed by atoms with Gasteiger partial charge in [-0.1, -0.05) is 0 Å². The number of pyridine rings is 2. The number of azo groups is 1. The maximum atomic E-state index is 4.00. The van der Waals surface area contributed by atoms with Gasteiger partial charge in [0.2, 0.25) is 0 Å². The number of hydrogen-bond acceptors (Lipinski definition) is 4. The highest BCUT2D eigenvalue weighted by atomic mass is 15.1. The minimum absolute atomic E-state index is 0.733. The predicted octanol–water partition coefficient (Wildman–Crippen LogP) is 2.89. The second kappa shape index (κ2) is 4.23. The van der Waals surface area contributed by atoms with Gasteiger partial charge in [0.25, 0.3) is 0 Å². The molecule has 68 valence electrons. The molecule has 0 unspecified atom stereocenters. The molecule has 0 aliphatic heterocycles. The van der Waals surface area contributed by atoms with E-state index in [1.54, 1.807) is 24.8 Å². The highest BCUT2D eigenvalue weighted by Crippen LogP contribution is 2.14. The fraction of sp³-hybridized carbons (Fsp3) is 0. The zero-order valence-corrected chi connectivity index (χ0v) is 7.41. The lowest BCUT2D eigenvalue weighted by molar-refractivity contribution is 1.18. The Labute approximate surface area is 81.4 Å². The van der Waals surface area contributed by atoms with E-state index >= 15 is 0 Å². The summed E-state index contributed by atoms with van der Waals surface area (Å²) in [5.74, 6) is 0. The van der Waals surface area contributed by atoms with Gasteiger partial charge in [-0.3, -0.25) is 9.97 Å². The monoisotopic (exact) mass is 184 g/mol. The van der Waals surface area contributed by atoms with Crippen LogP contribution in [0.25, 0.3) is 0 Å². The van der Waals surface area contributed by atoms with E-state index in [-0.39, 0.29) is 0 Å². The molecule has 0 saturated heterocycles. The van der Waals surface area contributed by atoms with Crippen LogP contribution >= 0.6 is 0 Å². The first-order valence-corrected chi connectivity index (χ1v) is 4.17. The first kappa shape index (κ1) is 8.50. The molecule has 0 aliphatic carbocycles. The van der Waals surface area contributed by atoms with Gasteiger partial charge in [-0.05, 0) is 24.3 Å². The summed E-state index contributed by atoms with van der Waals surface area (Å²) in [5.41, 5.74) is 1.47. The van der Waals surface area contributed by atoms with Gasteiger partial charge in [-0.25, -0.2) is 0 Å². The Morgan fingerprint density at radius 1 is 0.786 bits per heavy atom. The lowest BCUT2D eigenvalue weighted by atomic mass is 10.4. The van der Waals surface area contributed by atoms with Crippen molar-refractivity contribution in [2.24, 2.45) is 10.2 Å². The van der Waals surface area contributed by atoms with E-state index in [1.165, 1.54) is 0 Å². The van der Waals surface area contributed by atoms with E-state index in [1.807, 2.05) is 24.3 Å². The van der Waals surface area contributed by atoms with Crippen molar-refractivity contribution in [3.8, 4) is 0 Å². The second-order valence-corrected chi connectivity index (χ2v) is 2.62. The molecule has 2 rings (SSSR count). The molecular formula is C10H8N4. The van der Waals surface area contributed by atoms with E-state index in [9.17, 15) is 0 Å². The molecule has 0 radical (unpaired) electrons. The zero-order valence-electron chi connectivity index (χ0n) is 7.41. The predicted molar refractivity (Wildman–Crippen MR) is 52.7 cm³/mol. The average Bonchev–Trinajstić information content (AvgIpc) is 2.29. The Morgan fingerprint density at radius 3 is 1.64 bits per heavy atom.